The van der Waals surface area contributed by atoms with Gasteiger partial charge in [0, 0.05) is 12.6 Å². The molecule has 1 aliphatic carbocycles. The highest BCUT2D eigenvalue weighted by atomic mass is 32.2. The van der Waals surface area contributed by atoms with Gasteiger partial charge in [-0.15, -0.1) is 10.2 Å². The molecule has 0 spiro atoms. The molecule has 2 aromatic rings. The number of hydrogen-bond donors (Lipinski definition) is 1. The van der Waals surface area contributed by atoms with Crippen molar-refractivity contribution in [3.8, 4) is 11.4 Å². The Bertz CT molecular complexity index is 729. The monoisotopic (exact) mass is 348 g/mol. The highest BCUT2D eigenvalue weighted by molar-refractivity contribution is 8.00. The van der Waals surface area contributed by atoms with Crippen LogP contribution in [0.4, 0.5) is 4.39 Å². The predicted molar refractivity (Wildman–Crippen MR) is 92.3 cm³/mol. The quantitative estimate of drug-likeness (QED) is 0.779. The number of carbonyl (C=O) groups is 1. The van der Waals surface area contributed by atoms with Crippen LogP contribution in [0.5, 0.6) is 0 Å². The molecule has 7 heteroatoms. The standard InChI is InChI=1S/C17H21FN4OS/c1-3-10-19-16(23)11(2)24-17-21-20-15(22(17)12-8-9-12)13-6-4-5-7-14(13)18/h4-7,11-12H,3,8-10H2,1-2H3,(H,19,23)/t11-/m0/s1. The summed E-state index contributed by atoms with van der Waals surface area (Å²) in [5, 5.41) is 11.7. The Labute approximate surface area is 145 Å². The van der Waals surface area contributed by atoms with Crippen molar-refractivity contribution in [3.63, 3.8) is 0 Å². The van der Waals surface area contributed by atoms with Crippen molar-refractivity contribution in [1.29, 1.82) is 0 Å². The number of halogens is 1. The zero-order valence-corrected chi connectivity index (χ0v) is 14.6. The van der Waals surface area contributed by atoms with Gasteiger partial charge in [0.1, 0.15) is 5.82 Å². The van der Waals surface area contributed by atoms with Crippen LogP contribution in [0.25, 0.3) is 11.4 Å². The number of rotatable bonds is 7. The molecule has 1 amide bonds. The molecule has 1 fully saturated rings. The summed E-state index contributed by atoms with van der Waals surface area (Å²) in [4.78, 5) is 12.1. The van der Waals surface area contributed by atoms with Crippen LogP contribution in [0, 0.1) is 5.82 Å². The summed E-state index contributed by atoms with van der Waals surface area (Å²) < 4.78 is 16.1. The van der Waals surface area contributed by atoms with Gasteiger partial charge in [-0.3, -0.25) is 9.36 Å². The van der Waals surface area contributed by atoms with E-state index in [4.69, 9.17) is 0 Å². The molecular formula is C17H21FN4OS. The molecule has 1 aromatic carbocycles. The number of carbonyl (C=O) groups excluding carboxylic acids is 1. The van der Waals surface area contributed by atoms with Gasteiger partial charge in [-0.25, -0.2) is 4.39 Å². The number of thioether (sulfide) groups is 1. The van der Waals surface area contributed by atoms with Crippen molar-refractivity contribution < 1.29 is 9.18 Å². The molecule has 0 unspecified atom stereocenters. The van der Waals surface area contributed by atoms with Gasteiger partial charge in [-0.05, 0) is 38.3 Å². The van der Waals surface area contributed by atoms with Crippen LogP contribution in [0.1, 0.15) is 39.2 Å². The molecule has 5 nitrogen and oxygen atoms in total. The molecular weight excluding hydrogens is 327 g/mol. The maximum atomic E-state index is 14.1. The van der Waals surface area contributed by atoms with Crippen molar-refractivity contribution in [2.45, 2.75) is 49.6 Å². The number of amides is 1. The zero-order valence-electron chi connectivity index (χ0n) is 13.8. The van der Waals surface area contributed by atoms with Gasteiger partial charge in [0.2, 0.25) is 5.91 Å². The highest BCUT2D eigenvalue weighted by Crippen LogP contribution is 2.42. The average molecular weight is 348 g/mol. The fraction of sp³-hybridized carbons (Fsp3) is 0.471. The number of aromatic nitrogens is 3. The molecule has 24 heavy (non-hydrogen) atoms. The Morgan fingerprint density at radius 2 is 2.17 bits per heavy atom. The van der Waals surface area contributed by atoms with E-state index in [0.29, 0.717) is 29.1 Å². The fourth-order valence-electron chi connectivity index (χ4n) is 2.45. The van der Waals surface area contributed by atoms with E-state index in [9.17, 15) is 9.18 Å². The molecule has 1 aromatic heterocycles. The van der Waals surface area contributed by atoms with Crippen molar-refractivity contribution in [3.05, 3.63) is 30.1 Å². The van der Waals surface area contributed by atoms with Crippen LogP contribution >= 0.6 is 11.8 Å². The zero-order chi connectivity index (χ0) is 17.1. The van der Waals surface area contributed by atoms with Crippen LogP contribution in [0.2, 0.25) is 0 Å². The maximum absolute atomic E-state index is 14.1. The first-order valence-electron chi connectivity index (χ1n) is 8.26. The lowest BCUT2D eigenvalue weighted by Gasteiger charge is -2.13. The van der Waals surface area contributed by atoms with E-state index >= 15 is 0 Å². The minimum atomic E-state index is -0.308. The molecule has 1 aliphatic rings. The van der Waals surface area contributed by atoms with Gasteiger partial charge in [-0.1, -0.05) is 30.8 Å². The summed E-state index contributed by atoms with van der Waals surface area (Å²) in [5.74, 6) is 0.219. The van der Waals surface area contributed by atoms with E-state index in [2.05, 4.69) is 15.5 Å². The molecule has 1 saturated carbocycles. The first-order chi connectivity index (χ1) is 11.6. The summed E-state index contributed by atoms with van der Waals surface area (Å²) >= 11 is 1.37. The van der Waals surface area contributed by atoms with Crippen molar-refractivity contribution in [2.24, 2.45) is 0 Å². The third kappa shape index (κ3) is 3.61. The third-order valence-electron chi connectivity index (χ3n) is 3.89. The second-order valence-electron chi connectivity index (χ2n) is 5.94. The van der Waals surface area contributed by atoms with Gasteiger partial charge in [0.05, 0.1) is 10.8 Å². The van der Waals surface area contributed by atoms with E-state index in [1.807, 2.05) is 18.4 Å². The van der Waals surface area contributed by atoms with Crippen LogP contribution in [0.15, 0.2) is 29.4 Å². The minimum absolute atomic E-state index is 0.0142. The first-order valence-corrected chi connectivity index (χ1v) is 9.14. The van der Waals surface area contributed by atoms with Gasteiger partial charge < -0.3 is 5.32 Å². The lowest BCUT2D eigenvalue weighted by atomic mass is 10.2. The SMILES string of the molecule is CCCNC(=O)[C@H](C)Sc1nnc(-c2ccccc2F)n1C1CC1. The number of nitrogens with one attached hydrogen (secondary N) is 1. The van der Waals surface area contributed by atoms with Crippen molar-refractivity contribution in [2.75, 3.05) is 6.54 Å². The summed E-state index contributed by atoms with van der Waals surface area (Å²) in [5.41, 5.74) is 0.451. The van der Waals surface area contributed by atoms with Gasteiger partial charge in [0.25, 0.3) is 0 Å². The summed E-state index contributed by atoms with van der Waals surface area (Å²) in [6.45, 7) is 4.53. The van der Waals surface area contributed by atoms with Gasteiger partial charge in [-0.2, -0.15) is 0 Å². The van der Waals surface area contributed by atoms with Gasteiger partial charge in [0.15, 0.2) is 11.0 Å². The summed E-state index contributed by atoms with van der Waals surface area (Å²) in [7, 11) is 0. The van der Waals surface area contributed by atoms with E-state index in [1.54, 1.807) is 18.2 Å². The lowest BCUT2D eigenvalue weighted by Crippen LogP contribution is -2.31. The third-order valence-corrected chi connectivity index (χ3v) is 4.95. The molecule has 0 bridgehead atoms. The Kier molecular flexibility index (Phi) is 5.18. The smallest absolute Gasteiger partial charge is 0.233 e. The van der Waals surface area contributed by atoms with Crippen LogP contribution in [-0.2, 0) is 4.79 Å². The second kappa shape index (κ2) is 7.34. The molecule has 128 valence electrons. The van der Waals surface area contributed by atoms with E-state index < -0.39 is 0 Å². The molecule has 0 aliphatic heterocycles. The molecule has 3 rings (SSSR count). The minimum Gasteiger partial charge on any atom is -0.355 e. The maximum Gasteiger partial charge on any atom is 0.233 e. The van der Waals surface area contributed by atoms with E-state index in [0.717, 1.165) is 19.3 Å². The Balaban J connectivity index is 1.85. The summed E-state index contributed by atoms with van der Waals surface area (Å²) in [6, 6.07) is 6.88. The van der Waals surface area contributed by atoms with Gasteiger partial charge >= 0.3 is 0 Å². The fourth-order valence-corrected chi connectivity index (χ4v) is 3.39. The lowest BCUT2D eigenvalue weighted by molar-refractivity contribution is -0.120. The molecule has 0 saturated heterocycles. The van der Waals surface area contributed by atoms with Crippen LogP contribution < -0.4 is 5.32 Å². The predicted octanol–water partition coefficient (Wildman–Crippen LogP) is 3.43. The van der Waals surface area contributed by atoms with E-state index in [1.165, 1.54) is 17.8 Å². The second-order valence-corrected chi connectivity index (χ2v) is 7.25. The van der Waals surface area contributed by atoms with Crippen molar-refractivity contribution in [1.82, 2.24) is 20.1 Å². The molecule has 0 radical (unpaired) electrons. The largest absolute Gasteiger partial charge is 0.355 e. The highest BCUT2D eigenvalue weighted by Gasteiger charge is 2.32. The Morgan fingerprint density at radius 3 is 2.83 bits per heavy atom. The molecule has 1 atom stereocenters. The van der Waals surface area contributed by atoms with Crippen molar-refractivity contribution >= 4 is 17.7 Å². The topological polar surface area (TPSA) is 59.8 Å². The number of hydrogen-bond acceptors (Lipinski definition) is 4. The van der Waals surface area contributed by atoms with Crippen LogP contribution in [0.3, 0.4) is 0 Å². The molecule has 1 heterocycles. The van der Waals surface area contributed by atoms with Crippen LogP contribution in [-0.4, -0.2) is 32.5 Å². The number of nitrogens with zero attached hydrogens (tertiary/aromatic N) is 3. The Morgan fingerprint density at radius 1 is 1.42 bits per heavy atom. The average Bonchev–Trinajstić information content (AvgIpc) is 3.34. The first kappa shape index (κ1) is 17.0. The summed E-state index contributed by atoms with van der Waals surface area (Å²) in [6.07, 6.45) is 2.96. The number of benzene rings is 1. The van der Waals surface area contributed by atoms with E-state index in [-0.39, 0.29) is 17.0 Å². The Hall–Kier alpha value is -1.89. The molecule has 1 N–H and O–H groups in total. The normalized spacial score (nSPS) is 15.3.